The zero-order valence-corrected chi connectivity index (χ0v) is 15.7. The molecule has 0 aliphatic carbocycles. The predicted molar refractivity (Wildman–Crippen MR) is 104 cm³/mol. The predicted octanol–water partition coefficient (Wildman–Crippen LogP) is 5.75. The van der Waals surface area contributed by atoms with E-state index in [0.29, 0.717) is 0 Å². The molecule has 2 aliphatic heterocycles. The van der Waals surface area contributed by atoms with Crippen LogP contribution in [-0.4, -0.2) is 10.7 Å². The lowest BCUT2D eigenvalue weighted by Crippen LogP contribution is -2.33. The second-order valence-electron chi connectivity index (χ2n) is 6.18. The Labute approximate surface area is 158 Å². The minimum absolute atomic E-state index is 0.167. The van der Waals surface area contributed by atoms with Crippen molar-refractivity contribution in [2.24, 2.45) is 5.10 Å². The van der Waals surface area contributed by atoms with Crippen LogP contribution in [0.3, 0.4) is 0 Å². The van der Waals surface area contributed by atoms with Crippen molar-refractivity contribution in [3.63, 3.8) is 0 Å². The third-order valence-corrected chi connectivity index (χ3v) is 6.04. The molecule has 0 radical (unpaired) electrons. The van der Waals surface area contributed by atoms with Gasteiger partial charge in [0.2, 0.25) is 6.23 Å². The van der Waals surface area contributed by atoms with Gasteiger partial charge in [0, 0.05) is 16.5 Å². The van der Waals surface area contributed by atoms with Crippen LogP contribution in [-0.2, 0) is 0 Å². The van der Waals surface area contributed by atoms with E-state index in [1.807, 2.05) is 12.1 Å². The molecule has 2 aliphatic rings. The summed E-state index contributed by atoms with van der Waals surface area (Å²) in [6.07, 6.45) is 0.721. The van der Waals surface area contributed by atoms with Gasteiger partial charge in [0.25, 0.3) is 0 Å². The molecule has 0 amide bonds. The largest absolute Gasteiger partial charge is 0.464 e. The van der Waals surface area contributed by atoms with Crippen molar-refractivity contribution < 1.29 is 4.74 Å². The Morgan fingerprint density at radius 1 is 1.08 bits per heavy atom. The maximum Gasteiger partial charge on any atom is 0.222 e. The molecule has 5 rings (SSSR count). The summed E-state index contributed by atoms with van der Waals surface area (Å²) in [7, 11) is 0. The fourth-order valence-electron chi connectivity index (χ4n) is 3.48. The molecule has 2 atom stereocenters. The fourth-order valence-corrected chi connectivity index (χ4v) is 4.61. The van der Waals surface area contributed by atoms with Crippen LogP contribution in [0.2, 0.25) is 0 Å². The first-order valence-corrected chi connectivity index (χ1v) is 9.87. The van der Waals surface area contributed by atoms with Crippen LogP contribution in [0.5, 0.6) is 5.75 Å². The number of thiophene rings is 1. The normalized spacial score (nSPS) is 21.3. The van der Waals surface area contributed by atoms with Crippen molar-refractivity contribution in [3.05, 3.63) is 86.5 Å². The van der Waals surface area contributed by atoms with Crippen LogP contribution in [0.1, 0.15) is 34.7 Å². The summed E-state index contributed by atoms with van der Waals surface area (Å²) < 4.78 is 7.41. The van der Waals surface area contributed by atoms with E-state index in [0.717, 1.165) is 22.4 Å². The summed E-state index contributed by atoms with van der Waals surface area (Å²) in [4.78, 5) is 1.18. The highest BCUT2D eigenvalue weighted by Gasteiger charge is 2.41. The van der Waals surface area contributed by atoms with Crippen LogP contribution in [0, 0.1) is 0 Å². The minimum Gasteiger partial charge on any atom is -0.464 e. The van der Waals surface area contributed by atoms with E-state index in [4.69, 9.17) is 9.84 Å². The van der Waals surface area contributed by atoms with E-state index in [2.05, 4.69) is 74.8 Å². The first kappa shape index (κ1) is 15.2. The van der Waals surface area contributed by atoms with Crippen molar-refractivity contribution >= 4 is 33.0 Å². The average molecular weight is 411 g/mol. The van der Waals surface area contributed by atoms with Gasteiger partial charge in [0.1, 0.15) is 5.75 Å². The number of hydrogen-bond donors (Lipinski definition) is 0. The van der Waals surface area contributed by atoms with Crippen molar-refractivity contribution in [2.75, 3.05) is 0 Å². The Hall–Kier alpha value is -2.11. The highest BCUT2D eigenvalue weighted by Crippen LogP contribution is 2.48. The number of hydrazone groups is 1. The first-order valence-electron chi connectivity index (χ1n) is 8.20. The van der Waals surface area contributed by atoms with Crippen LogP contribution in [0.15, 0.2) is 75.6 Å². The Balaban J connectivity index is 1.61. The quantitative estimate of drug-likeness (QED) is 0.536. The molecule has 1 aromatic heterocycles. The molecule has 3 heterocycles. The lowest BCUT2D eigenvalue weighted by molar-refractivity contribution is -0.0166. The van der Waals surface area contributed by atoms with Gasteiger partial charge in [-0.1, -0.05) is 52.3 Å². The lowest BCUT2D eigenvalue weighted by Gasteiger charge is -2.37. The number of nitrogens with zero attached hydrogens (tertiary/aromatic N) is 2. The zero-order valence-electron chi connectivity index (χ0n) is 13.3. The number of hydrogen-bond acceptors (Lipinski definition) is 4. The van der Waals surface area contributed by atoms with Crippen molar-refractivity contribution in [3.8, 4) is 5.75 Å². The van der Waals surface area contributed by atoms with Gasteiger partial charge in [0.15, 0.2) is 0 Å². The summed E-state index contributed by atoms with van der Waals surface area (Å²) in [5.41, 5.74) is 3.49. The third kappa shape index (κ3) is 2.58. The standard InChI is InChI=1S/C20H15BrN2OS/c21-14-8-9-18-15(11-14)17-12-16(13-5-2-1-3-6-13)22-23(17)20(24-18)19-7-4-10-25-19/h1-11,17,20H,12H2. The number of rotatable bonds is 2. The Morgan fingerprint density at radius 3 is 2.76 bits per heavy atom. The van der Waals surface area contributed by atoms with Crippen molar-refractivity contribution in [1.29, 1.82) is 0 Å². The molecule has 5 heteroatoms. The topological polar surface area (TPSA) is 24.8 Å². The van der Waals surface area contributed by atoms with Gasteiger partial charge >= 0.3 is 0 Å². The molecule has 0 saturated carbocycles. The Bertz CT molecular complexity index is 940. The summed E-state index contributed by atoms with van der Waals surface area (Å²) in [5.74, 6) is 0.951. The van der Waals surface area contributed by atoms with Gasteiger partial charge < -0.3 is 4.74 Å². The summed E-state index contributed by atoms with van der Waals surface area (Å²) in [5, 5.41) is 9.18. The van der Waals surface area contributed by atoms with E-state index < -0.39 is 0 Å². The molecular formula is C20H15BrN2OS. The Kier molecular flexibility index (Phi) is 3.64. The molecule has 0 N–H and O–H groups in total. The highest BCUT2D eigenvalue weighted by atomic mass is 79.9. The SMILES string of the molecule is Brc1ccc2c(c1)C1CC(c3ccccc3)=NN1C(c1cccs1)O2. The van der Waals surface area contributed by atoms with E-state index in [9.17, 15) is 0 Å². The van der Waals surface area contributed by atoms with Crippen LogP contribution in [0.4, 0.5) is 0 Å². The van der Waals surface area contributed by atoms with Crippen LogP contribution < -0.4 is 4.74 Å². The maximum atomic E-state index is 6.34. The van der Waals surface area contributed by atoms with Crippen LogP contribution in [0.25, 0.3) is 0 Å². The first-order chi connectivity index (χ1) is 12.3. The van der Waals surface area contributed by atoms with E-state index in [-0.39, 0.29) is 12.3 Å². The third-order valence-electron chi connectivity index (χ3n) is 4.65. The van der Waals surface area contributed by atoms with Crippen molar-refractivity contribution in [1.82, 2.24) is 5.01 Å². The van der Waals surface area contributed by atoms with Gasteiger partial charge in [0.05, 0.1) is 16.6 Å². The van der Waals surface area contributed by atoms with Crippen LogP contribution >= 0.6 is 27.3 Å². The number of fused-ring (bicyclic) bond motifs is 3. The average Bonchev–Trinajstić information content (AvgIpc) is 3.32. The molecule has 124 valence electrons. The molecule has 3 nitrogen and oxygen atoms in total. The summed E-state index contributed by atoms with van der Waals surface area (Å²) >= 11 is 5.30. The molecule has 0 fully saturated rings. The van der Waals surface area contributed by atoms with E-state index in [1.54, 1.807) is 11.3 Å². The van der Waals surface area contributed by atoms with Gasteiger partial charge in [-0.05, 0) is 35.2 Å². The van der Waals surface area contributed by atoms with Gasteiger partial charge in [-0.25, -0.2) is 5.01 Å². The van der Waals surface area contributed by atoms with Gasteiger partial charge in [-0.3, -0.25) is 0 Å². The summed E-state index contributed by atoms with van der Waals surface area (Å²) in [6, 6.07) is 21.0. The molecular weight excluding hydrogens is 396 g/mol. The molecule has 3 aromatic rings. The second-order valence-corrected chi connectivity index (χ2v) is 8.08. The zero-order chi connectivity index (χ0) is 16.8. The van der Waals surface area contributed by atoms with Crippen molar-refractivity contribution in [2.45, 2.75) is 18.7 Å². The van der Waals surface area contributed by atoms with E-state index in [1.165, 1.54) is 16.0 Å². The molecule has 0 saturated heterocycles. The van der Waals surface area contributed by atoms with E-state index >= 15 is 0 Å². The molecule has 25 heavy (non-hydrogen) atoms. The maximum absolute atomic E-state index is 6.34. The number of halogens is 1. The number of benzene rings is 2. The second kappa shape index (κ2) is 6.00. The molecule has 2 aromatic carbocycles. The molecule has 0 spiro atoms. The Morgan fingerprint density at radius 2 is 1.96 bits per heavy atom. The minimum atomic E-state index is -0.167. The van der Waals surface area contributed by atoms with Gasteiger partial charge in [-0.15, -0.1) is 11.3 Å². The fraction of sp³-hybridized carbons (Fsp3) is 0.150. The smallest absolute Gasteiger partial charge is 0.222 e. The molecule has 2 unspecified atom stereocenters. The van der Waals surface area contributed by atoms with Gasteiger partial charge in [-0.2, -0.15) is 5.10 Å². The monoisotopic (exact) mass is 410 g/mol. The lowest BCUT2D eigenvalue weighted by atomic mass is 9.96. The highest BCUT2D eigenvalue weighted by molar-refractivity contribution is 9.10. The molecule has 0 bridgehead atoms. The summed E-state index contributed by atoms with van der Waals surface area (Å²) in [6.45, 7) is 0. The number of ether oxygens (including phenoxy) is 1.